The van der Waals surface area contributed by atoms with Crippen molar-refractivity contribution >= 4 is 31.9 Å². The first-order valence-corrected chi connectivity index (χ1v) is 11.6. The van der Waals surface area contributed by atoms with Crippen molar-refractivity contribution in [1.82, 2.24) is 9.97 Å². The molecule has 3 rings (SSSR count). The van der Waals surface area contributed by atoms with E-state index in [2.05, 4.69) is 21.5 Å². The van der Waals surface area contributed by atoms with Gasteiger partial charge in [0, 0.05) is 27.4 Å². The molecule has 2 unspecified atom stereocenters. The zero-order valence-electron chi connectivity index (χ0n) is 16.9. The summed E-state index contributed by atoms with van der Waals surface area (Å²) in [6.45, 7) is 3.97. The number of anilines is 1. The van der Waals surface area contributed by atoms with Gasteiger partial charge < -0.3 is 10.1 Å². The summed E-state index contributed by atoms with van der Waals surface area (Å²) in [5, 5.41) is 6.13. The lowest BCUT2D eigenvalue weighted by Gasteiger charge is -2.18. The minimum absolute atomic E-state index is 0.0216. The fourth-order valence-corrected chi connectivity index (χ4v) is 4.91. The van der Waals surface area contributed by atoms with Gasteiger partial charge >= 0.3 is 6.18 Å². The molecule has 0 aliphatic heterocycles. The molecule has 0 saturated carbocycles. The third-order valence-electron chi connectivity index (χ3n) is 4.73. The molecule has 0 fully saturated rings. The predicted octanol–water partition coefficient (Wildman–Crippen LogP) is 6.45. The number of alkyl halides is 3. The van der Waals surface area contributed by atoms with Crippen LogP contribution in [0.1, 0.15) is 30.4 Å². The molecule has 2 aromatic heterocycles. The first kappa shape index (κ1) is 22.3. The molecule has 1 N–H and O–H groups in total. The van der Waals surface area contributed by atoms with Gasteiger partial charge in [0.1, 0.15) is 11.4 Å². The van der Waals surface area contributed by atoms with Gasteiger partial charge in [0.05, 0.1) is 12.8 Å². The molecule has 0 aliphatic rings. The Hall–Kier alpha value is -2.39. The number of nitrogens with one attached hydrogen (secondary N) is 1. The van der Waals surface area contributed by atoms with E-state index in [1.54, 1.807) is 7.11 Å². The van der Waals surface area contributed by atoms with Crippen LogP contribution in [0.4, 0.5) is 18.3 Å². The van der Waals surface area contributed by atoms with Crippen molar-refractivity contribution in [2.45, 2.75) is 25.3 Å². The highest BCUT2D eigenvalue weighted by Crippen LogP contribution is 2.35. The number of thiazole rings is 1. The average molecular weight is 454 g/mol. The second-order valence-corrected chi connectivity index (χ2v) is 9.91. The summed E-state index contributed by atoms with van der Waals surface area (Å²) in [6.07, 6.45) is -1.05. The lowest BCUT2D eigenvalue weighted by molar-refractivity contribution is -0.141. The van der Waals surface area contributed by atoms with Crippen molar-refractivity contribution in [1.29, 1.82) is 0 Å². The molecule has 160 valence electrons. The van der Waals surface area contributed by atoms with E-state index in [1.807, 2.05) is 43.5 Å². The lowest BCUT2D eigenvalue weighted by Crippen LogP contribution is -2.10. The second-order valence-electron chi connectivity index (χ2n) is 6.62. The number of pyridine rings is 1. The Balaban J connectivity index is 1.73. The molecule has 2 atom stereocenters. The molecule has 4 nitrogen and oxygen atoms in total. The molecule has 0 aliphatic carbocycles. The highest BCUT2D eigenvalue weighted by Gasteiger charge is 2.32. The van der Waals surface area contributed by atoms with Crippen LogP contribution < -0.4 is 10.1 Å². The van der Waals surface area contributed by atoms with Crippen molar-refractivity contribution < 1.29 is 17.9 Å². The zero-order chi connectivity index (χ0) is 21.9. The number of hydrogen-bond acceptors (Lipinski definition) is 4. The molecular weight excluding hydrogens is 431 g/mol. The Kier molecular flexibility index (Phi) is 6.82. The number of halogens is 3. The van der Waals surface area contributed by atoms with Crippen LogP contribution in [0, 0.1) is 0 Å². The molecule has 3 aromatic rings. The van der Waals surface area contributed by atoms with Crippen LogP contribution in [0.15, 0.2) is 48.0 Å². The number of nitrogens with zero attached hydrogens (tertiary/aromatic N) is 2. The summed E-state index contributed by atoms with van der Waals surface area (Å²) in [7, 11) is 1.38. The molecule has 30 heavy (non-hydrogen) atoms. The molecule has 9 heteroatoms. The van der Waals surface area contributed by atoms with Crippen LogP contribution in [0.5, 0.6) is 5.75 Å². The first-order valence-electron chi connectivity index (χ1n) is 9.07. The van der Waals surface area contributed by atoms with Crippen LogP contribution in [-0.4, -0.2) is 28.3 Å². The van der Waals surface area contributed by atoms with Gasteiger partial charge in [0.2, 0.25) is 0 Å². The minimum Gasteiger partial charge on any atom is -0.497 e. The van der Waals surface area contributed by atoms with Gasteiger partial charge in [-0.1, -0.05) is 6.07 Å². The monoisotopic (exact) mass is 453 g/mol. The maximum Gasteiger partial charge on any atom is 0.433 e. The zero-order valence-corrected chi connectivity index (χ0v) is 18.6. The smallest absolute Gasteiger partial charge is 0.433 e. The summed E-state index contributed by atoms with van der Waals surface area (Å²) >= 11 is 1.51. The van der Waals surface area contributed by atoms with Crippen molar-refractivity contribution in [3.63, 3.8) is 0 Å². The van der Waals surface area contributed by atoms with Gasteiger partial charge in [0.25, 0.3) is 0 Å². The summed E-state index contributed by atoms with van der Waals surface area (Å²) in [6, 6.07) is 10.2. The van der Waals surface area contributed by atoms with Crippen LogP contribution >= 0.6 is 21.8 Å². The summed E-state index contributed by atoms with van der Waals surface area (Å²) in [4.78, 5) is 9.23. The van der Waals surface area contributed by atoms with E-state index in [0.29, 0.717) is 0 Å². The van der Waals surface area contributed by atoms with Gasteiger partial charge in [-0.15, -0.1) is 11.3 Å². The number of hydrogen-bond donors (Lipinski definition) is 1. The number of benzene rings is 1. The Morgan fingerprint density at radius 2 is 1.87 bits per heavy atom. The summed E-state index contributed by atoms with van der Waals surface area (Å²) < 4.78 is 43.4. The Morgan fingerprint density at radius 1 is 1.17 bits per heavy atom. The molecule has 0 spiro atoms. The predicted molar refractivity (Wildman–Crippen MR) is 120 cm³/mol. The van der Waals surface area contributed by atoms with E-state index in [4.69, 9.17) is 4.74 Å². The van der Waals surface area contributed by atoms with E-state index < -0.39 is 11.9 Å². The molecular formula is C21H22F3N3OS2. The quantitative estimate of drug-likeness (QED) is 0.451. The number of rotatable bonds is 5. The molecule has 0 saturated heterocycles. The van der Waals surface area contributed by atoms with E-state index in [9.17, 15) is 13.2 Å². The maximum absolute atomic E-state index is 12.7. The molecule has 0 bridgehead atoms. The minimum atomic E-state index is -4.42. The first-order chi connectivity index (χ1) is 14.2. The molecule has 0 radical (unpaired) electrons. The Labute approximate surface area is 180 Å². The fraction of sp³-hybridized carbons (Fsp3) is 0.286. The Morgan fingerprint density at radius 3 is 2.43 bits per heavy atom. The third kappa shape index (κ3) is 5.20. The standard InChI is InChI=1S/C21H22F3N3OS2/c1-13(16-7-10-19(25-11-16)21(22,23)24)30(4)14(2)26-20-27-18(12-29-20)15-5-8-17(28-3)9-6-15/h5-13H,1-4H3,(H,26,27). The van der Waals surface area contributed by atoms with Crippen LogP contribution in [0.2, 0.25) is 0 Å². The summed E-state index contributed by atoms with van der Waals surface area (Å²) in [5.41, 5.74) is 1.77. The van der Waals surface area contributed by atoms with Crippen molar-refractivity contribution in [3.05, 3.63) is 59.2 Å². The van der Waals surface area contributed by atoms with E-state index in [-0.39, 0.29) is 15.7 Å². The van der Waals surface area contributed by atoms with Gasteiger partial charge in [-0.25, -0.2) is 4.98 Å². The highest BCUT2D eigenvalue weighted by molar-refractivity contribution is 8.15. The number of methoxy groups -OCH3 is 1. The third-order valence-corrected chi connectivity index (χ3v) is 7.89. The Bertz CT molecular complexity index is 1030. The highest BCUT2D eigenvalue weighted by atomic mass is 32.2. The van der Waals surface area contributed by atoms with Crippen LogP contribution in [-0.2, 0) is 6.18 Å². The second kappa shape index (κ2) is 9.18. The van der Waals surface area contributed by atoms with Crippen molar-refractivity contribution in [2.75, 3.05) is 18.7 Å². The SMILES string of the molecule is COc1ccc(-c2csc(N/C(C)=S(\C)C(C)c3ccc(C(F)(F)F)nc3)n2)cc1. The maximum atomic E-state index is 12.7. The summed E-state index contributed by atoms with van der Waals surface area (Å²) in [5.74, 6) is 0.790. The van der Waals surface area contributed by atoms with E-state index in [1.165, 1.54) is 23.6 Å². The average Bonchev–Trinajstić information content (AvgIpc) is 3.20. The van der Waals surface area contributed by atoms with E-state index >= 15 is 0 Å². The van der Waals surface area contributed by atoms with Gasteiger partial charge in [0.15, 0.2) is 5.13 Å². The van der Waals surface area contributed by atoms with Crippen LogP contribution in [0.3, 0.4) is 0 Å². The molecule has 0 amide bonds. The van der Waals surface area contributed by atoms with Gasteiger partial charge in [-0.3, -0.25) is 4.98 Å². The fourth-order valence-electron chi connectivity index (χ4n) is 2.74. The normalized spacial score (nSPS) is 14.2. The number of aromatic nitrogens is 2. The van der Waals surface area contributed by atoms with Gasteiger partial charge in [-0.05, 0) is 56.0 Å². The molecule has 2 heterocycles. The van der Waals surface area contributed by atoms with Crippen molar-refractivity contribution in [2.24, 2.45) is 0 Å². The largest absolute Gasteiger partial charge is 0.497 e. The van der Waals surface area contributed by atoms with Gasteiger partial charge in [-0.2, -0.15) is 23.7 Å². The van der Waals surface area contributed by atoms with Crippen molar-refractivity contribution in [3.8, 4) is 17.0 Å². The molecule has 1 aromatic carbocycles. The van der Waals surface area contributed by atoms with E-state index in [0.717, 1.165) is 38.8 Å². The lowest BCUT2D eigenvalue weighted by atomic mass is 10.2. The topological polar surface area (TPSA) is 47.0 Å². The van der Waals surface area contributed by atoms with Crippen LogP contribution in [0.25, 0.3) is 11.3 Å². The number of ether oxygens (including phenoxy) is 1.